The maximum absolute atomic E-state index is 11.7. The van der Waals surface area contributed by atoms with Crippen molar-refractivity contribution >= 4 is 21.9 Å². The molecule has 0 heterocycles. The average molecular weight is 343 g/mol. The van der Waals surface area contributed by atoms with Crippen molar-refractivity contribution in [2.45, 2.75) is 38.0 Å². The molecular formula is C15H19BrO4. The zero-order valence-corrected chi connectivity index (χ0v) is 13.7. The largest absolute Gasteiger partial charge is 0.493 e. The van der Waals surface area contributed by atoms with Crippen molar-refractivity contribution < 1.29 is 19.4 Å². The Morgan fingerprint density at radius 1 is 1.35 bits per heavy atom. The third kappa shape index (κ3) is 2.18. The van der Waals surface area contributed by atoms with Gasteiger partial charge >= 0.3 is 5.97 Å². The number of ether oxygens (including phenoxy) is 2. The van der Waals surface area contributed by atoms with Crippen molar-refractivity contribution in [1.29, 1.82) is 0 Å². The normalized spacial score (nSPS) is 16.1. The summed E-state index contributed by atoms with van der Waals surface area (Å²) in [5.41, 5.74) is 0.967. The Kier molecular flexibility index (Phi) is 4.00. The number of carboxylic acid groups (broad SMARTS) is 1. The van der Waals surface area contributed by atoms with Gasteiger partial charge in [-0.3, -0.25) is 4.79 Å². The predicted molar refractivity (Wildman–Crippen MR) is 79.9 cm³/mol. The minimum atomic E-state index is -0.780. The summed E-state index contributed by atoms with van der Waals surface area (Å²) in [5.74, 6) is 0.622. The first-order valence-corrected chi connectivity index (χ1v) is 7.36. The van der Waals surface area contributed by atoms with Gasteiger partial charge < -0.3 is 14.6 Å². The summed E-state index contributed by atoms with van der Waals surface area (Å²) in [6, 6.07) is 1.79. The lowest BCUT2D eigenvalue weighted by Gasteiger charge is -2.24. The van der Waals surface area contributed by atoms with Crippen LogP contribution in [0, 0.1) is 0 Å². The number of aliphatic carboxylic acids is 1. The number of hydrogen-bond donors (Lipinski definition) is 1. The van der Waals surface area contributed by atoms with Gasteiger partial charge in [0.25, 0.3) is 0 Å². The Labute approximate surface area is 127 Å². The molecule has 1 aliphatic rings. The summed E-state index contributed by atoms with van der Waals surface area (Å²) in [4.78, 5) is 11.7. The number of benzene rings is 1. The quantitative estimate of drug-likeness (QED) is 0.886. The van der Waals surface area contributed by atoms with Gasteiger partial charge in [0, 0.05) is 10.0 Å². The highest BCUT2D eigenvalue weighted by atomic mass is 79.9. The smallest absolute Gasteiger partial charge is 0.314 e. The number of halogens is 1. The van der Waals surface area contributed by atoms with E-state index in [9.17, 15) is 9.90 Å². The van der Waals surface area contributed by atoms with E-state index in [4.69, 9.17) is 9.47 Å². The zero-order valence-electron chi connectivity index (χ0n) is 12.1. The Morgan fingerprint density at radius 2 is 1.95 bits per heavy atom. The molecule has 2 rings (SSSR count). The fourth-order valence-electron chi connectivity index (χ4n) is 2.72. The van der Waals surface area contributed by atoms with Crippen LogP contribution < -0.4 is 9.47 Å². The lowest BCUT2D eigenvalue weighted by atomic mass is 9.85. The van der Waals surface area contributed by atoms with E-state index in [1.54, 1.807) is 20.3 Å². The Bertz CT molecular complexity index is 547. The summed E-state index contributed by atoms with van der Waals surface area (Å²) in [6.07, 6.45) is 1.33. The van der Waals surface area contributed by atoms with Gasteiger partial charge in [-0.1, -0.05) is 29.8 Å². The number of methoxy groups -OCH3 is 2. The van der Waals surface area contributed by atoms with Crippen LogP contribution in [0.2, 0.25) is 0 Å². The second kappa shape index (κ2) is 5.28. The fraction of sp³-hybridized carbons (Fsp3) is 0.533. The van der Waals surface area contributed by atoms with Crippen LogP contribution in [0.4, 0.5) is 0 Å². The third-order valence-corrected chi connectivity index (χ3v) is 4.50. The molecule has 0 saturated heterocycles. The highest BCUT2D eigenvalue weighted by molar-refractivity contribution is 9.10. The minimum absolute atomic E-state index is 0.142. The van der Waals surface area contributed by atoms with Crippen molar-refractivity contribution in [3.8, 4) is 11.5 Å². The SMILES string of the molecule is COc1cc(Br)c(C2(C(=O)O)CC2)c(C(C)C)c1OC. The van der Waals surface area contributed by atoms with Gasteiger partial charge in [-0.05, 0) is 30.4 Å². The molecule has 0 aliphatic heterocycles. The molecule has 0 radical (unpaired) electrons. The molecule has 1 aliphatic carbocycles. The molecule has 0 unspecified atom stereocenters. The Morgan fingerprint density at radius 3 is 2.30 bits per heavy atom. The highest BCUT2D eigenvalue weighted by Gasteiger charge is 2.54. The summed E-state index contributed by atoms with van der Waals surface area (Å²) < 4.78 is 11.6. The number of carboxylic acids is 1. The molecule has 0 spiro atoms. The summed E-state index contributed by atoms with van der Waals surface area (Å²) >= 11 is 3.52. The van der Waals surface area contributed by atoms with Crippen LogP contribution in [0.25, 0.3) is 0 Å². The molecule has 20 heavy (non-hydrogen) atoms. The summed E-state index contributed by atoms with van der Waals surface area (Å²) in [6.45, 7) is 4.07. The van der Waals surface area contributed by atoms with Crippen molar-refractivity contribution in [2.24, 2.45) is 0 Å². The Balaban J connectivity index is 2.77. The number of carbonyl (C=O) groups is 1. The highest BCUT2D eigenvalue weighted by Crippen LogP contribution is 2.56. The van der Waals surface area contributed by atoms with Crippen LogP contribution in [0.3, 0.4) is 0 Å². The molecule has 0 atom stereocenters. The molecule has 1 N–H and O–H groups in total. The van der Waals surface area contributed by atoms with Crippen molar-refractivity contribution in [3.05, 3.63) is 21.7 Å². The van der Waals surface area contributed by atoms with Crippen molar-refractivity contribution in [2.75, 3.05) is 14.2 Å². The molecule has 1 saturated carbocycles. The topological polar surface area (TPSA) is 55.8 Å². The van der Waals surface area contributed by atoms with Crippen LogP contribution in [0.15, 0.2) is 10.5 Å². The van der Waals surface area contributed by atoms with E-state index >= 15 is 0 Å². The molecule has 4 nitrogen and oxygen atoms in total. The van der Waals surface area contributed by atoms with Gasteiger partial charge in [0.15, 0.2) is 11.5 Å². The summed E-state index contributed by atoms with van der Waals surface area (Å²) in [5, 5.41) is 9.59. The van der Waals surface area contributed by atoms with Gasteiger partial charge in [-0.2, -0.15) is 0 Å². The molecule has 1 fully saturated rings. The van der Waals surface area contributed by atoms with Gasteiger partial charge in [-0.25, -0.2) is 0 Å². The predicted octanol–water partition coefficient (Wildman–Crippen LogP) is 3.71. The lowest BCUT2D eigenvalue weighted by Crippen LogP contribution is -2.23. The first kappa shape index (κ1) is 15.2. The summed E-state index contributed by atoms with van der Waals surface area (Å²) in [7, 11) is 3.17. The van der Waals surface area contributed by atoms with E-state index in [2.05, 4.69) is 15.9 Å². The zero-order chi connectivity index (χ0) is 15.1. The van der Waals surface area contributed by atoms with Crippen molar-refractivity contribution in [1.82, 2.24) is 0 Å². The lowest BCUT2D eigenvalue weighted by molar-refractivity contribution is -0.140. The fourth-order valence-corrected chi connectivity index (χ4v) is 3.52. The minimum Gasteiger partial charge on any atom is -0.493 e. The molecule has 0 aromatic heterocycles. The van der Waals surface area contributed by atoms with Crippen LogP contribution >= 0.6 is 15.9 Å². The molecular weight excluding hydrogens is 324 g/mol. The first-order chi connectivity index (χ1) is 9.39. The average Bonchev–Trinajstić information content (AvgIpc) is 3.18. The van der Waals surface area contributed by atoms with Crippen LogP contribution in [-0.2, 0) is 10.2 Å². The van der Waals surface area contributed by atoms with Gasteiger partial charge in [0.2, 0.25) is 0 Å². The van der Waals surface area contributed by atoms with Gasteiger partial charge in [0.1, 0.15) is 0 Å². The van der Waals surface area contributed by atoms with E-state index in [-0.39, 0.29) is 5.92 Å². The van der Waals surface area contributed by atoms with E-state index in [0.29, 0.717) is 24.3 Å². The molecule has 1 aromatic carbocycles. The second-order valence-corrected chi connectivity index (χ2v) is 6.28. The maximum Gasteiger partial charge on any atom is 0.314 e. The molecule has 110 valence electrons. The van der Waals surface area contributed by atoms with Gasteiger partial charge in [-0.15, -0.1) is 0 Å². The second-order valence-electron chi connectivity index (χ2n) is 5.42. The third-order valence-electron chi connectivity index (χ3n) is 3.87. The first-order valence-electron chi connectivity index (χ1n) is 6.57. The number of hydrogen-bond acceptors (Lipinski definition) is 3. The van der Waals surface area contributed by atoms with Crippen LogP contribution in [0.5, 0.6) is 11.5 Å². The number of rotatable bonds is 5. The van der Waals surface area contributed by atoms with E-state index in [1.165, 1.54) is 0 Å². The standard InChI is InChI=1S/C15H19BrO4/c1-8(2)11-12(15(5-6-15)14(17)18)9(16)7-10(19-3)13(11)20-4/h7-8H,5-6H2,1-4H3,(H,17,18). The monoisotopic (exact) mass is 342 g/mol. The van der Waals surface area contributed by atoms with Crippen molar-refractivity contribution in [3.63, 3.8) is 0 Å². The Hall–Kier alpha value is -1.23. The van der Waals surface area contributed by atoms with Gasteiger partial charge in [0.05, 0.1) is 19.6 Å². The maximum atomic E-state index is 11.7. The van der Waals surface area contributed by atoms with E-state index < -0.39 is 11.4 Å². The van der Waals surface area contributed by atoms with E-state index in [0.717, 1.165) is 15.6 Å². The molecule has 5 heteroatoms. The molecule has 0 amide bonds. The molecule has 1 aromatic rings. The van der Waals surface area contributed by atoms with E-state index in [1.807, 2.05) is 13.8 Å². The van der Waals surface area contributed by atoms with Crippen LogP contribution in [-0.4, -0.2) is 25.3 Å². The molecule has 0 bridgehead atoms. The van der Waals surface area contributed by atoms with Crippen LogP contribution in [0.1, 0.15) is 43.7 Å².